The van der Waals surface area contributed by atoms with Gasteiger partial charge in [-0.2, -0.15) is 0 Å². The van der Waals surface area contributed by atoms with Crippen molar-refractivity contribution in [2.24, 2.45) is 0 Å². The van der Waals surface area contributed by atoms with E-state index in [-0.39, 0.29) is 0 Å². The number of thioether (sulfide) groups is 2. The van der Waals surface area contributed by atoms with E-state index >= 15 is 0 Å². The fourth-order valence-electron chi connectivity index (χ4n) is 1.55. The summed E-state index contributed by atoms with van der Waals surface area (Å²) in [6.45, 7) is 0. The van der Waals surface area contributed by atoms with Gasteiger partial charge in [-0.25, -0.2) is 8.42 Å². The summed E-state index contributed by atoms with van der Waals surface area (Å²) in [5.74, 6) is 2.40. The molecule has 16 heavy (non-hydrogen) atoms. The summed E-state index contributed by atoms with van der Waals surface area (Å²) < 4.78 is 23.1. The molecule has 2 nitrogen and oxygen atoms in total. The Balaban J connectivity index is 2.18. The minimum absolute atomic E-state index is 0.405. The SMILES string of the molecule is CS(=O)(=O)c1ccc(C2SCCCS2)cc1. The van der Waals surface area contributed by atoms with E-state index in [0.29, 0.717) is 9.48 Å². The van der Waals surface area contributed by atoms with Crippen molar-refractivity contribution in [2.75, 3.05) is 17.8 Å². The van der Waals surface area contributed by atoms with Gasteiger partial charge in [-0.05, 0) is 35.6 Å². The smallest absolute Gasteiger partial charge is 0.175 e. The first-order valence-electron chi connectivity index (χ1n) is 5.10. The molecule has 0 spiro atoms. The maximum absolute atomic E-state index is 11.3. The van der Waals surface area contributed by atoms with Gasteiger partial charge in [0.15, 0.2) is 9.84 Å². The van der Waals surface area contributed by atoms with Crippen LogP contribution in [-0.4, -0.2) is 26.2 Å². The van der Waals surface area contributed by atoms with E-state index in [1.54, 1.807) is 12.1 Å². The molecular weight excluding hydrogens is 260 g/mol. The highest BCUT2D eigenvalue weighted by Gasteiger charge is 2.17. The van der Waals surface area contributed by atoms with Gasteiger partial charge in [0.25, 0.3) is 0 Å². The zero-order chi connectivity index (χ0) is 11.6. The van der Waals surface area contributed by atoms with Crippen molar-refractivity contribution in [1.82, 2.24) is 0 Å². The van der Waals surface area contributed by atoms with Crippen LogP contribution in [0.4, 0.5) is 0 Å². The molecule has 0 bridgehead atoms. The molecule has 0 radical (unpaired) electrons. The maximum atomic E-state index is 11.3. The number of hydrogen-bond acceptors (Lipinski definition) is 4. The van der Waals surface area contributed by atoms with Crippen LogP contribution in [0.1, 0.15) is 16.6 Å². The molecule has 1 heterocycles. The van der Waals surface area contributed by atoms with Crippen molar-refractivity contribution in [2.45, 2.75) is 15.9 Å². The van der Waals surface area contributed by atoms with E-state index in [1.807, 2.05) is 35.7 Å². The van der Waals surface area contributed by atoms with E-state index in [0.717, 1.165) is 0 Å². The summed E-state index contributed by atoms with van der Waals surface area (Å²) in [5, 5.41) is 0. The monoisotopic (exact) mass is 274 g/mol. The van der Waals surface area contributed by atoms with Gasteiger partial charge in [0.1, 0.15) is 0 Å². The van der Waals surface area contributed by atoms with Gasteiger partial charge in [-0.3, -0.25) is 0 Å². The Morgan fingerprint density at radius 1 is 1.12 bits per heavy atom. The standard InChI is InChI=1S/C11H14O2S3/c1-16(12,13)10-5-3-9(4-6-10)11-14-7-2-8-15-11/h3-6,11H,2,7-8H2,1H3. The van der Waals surface area contributed by atoms with Gasteiger partial charge in [0, 0.05) is 6.26 Å². The zero-order valence-electron chi connectivity index (χ0n) is 9.05. The normalized spacial score (nSPS) is 18.6. The molecule has 0 aromatic heterocycles. The van der Waals surface area contributed by atoms with Crippen molar-refractivity contribution in [3.8, 4) is 0 Å². The Labute approximate surface area is 105 Å². The van der Waals surface area contributed by atoms with Crippen molar-refractivity contribution < 1.29 is 8.42 Å². The molecule has 5 heteroatoms. The van der Waals surface area contributed by atoms with Crippen LogP contribution in [0.15, 0.2) is 29.2 Å². The fourth-order valence-corrected chi connectivity index (χ4v) is 5.08. The van der Waals surface area contributed by atoms with Crippen LogP contribution in [0, 0.1) is 0 Å². The van der Waals surface area contributed by atoms with Crippen molar-refractivity contribution >= 4 is 33.4 Å². The Bertz CT molecular complexity index is 445. The predicted molar refractivity (Wildman–Crippen MR) is 71.8 cm³/mol. The second kappa shape index (κ2) is 5.02. The van der Waals surface area contributed by atoms with Gasteiger partial charge >= 0.3 is 0 Å². The third-order valence-electron chi connectivity index (χ3n) is 2.41. The molecule has 1 aliphatic heterocycles. The summed E-state index contributed by atoms with van der Waals surface area (Å²) in [7, 11) is -3.06. The van der Waals surface area contributed by atoms with Crippen LogP contribution >= 0.6 is 23.5 Å². The zero-order valence-corrected chi connectivity index (χ0v) is 11.5. The van der Waals surface area contributed by atoms with Crippen LogP contribution in [0.3, 0.4) is 0 Å². The molecule has 0 aliphatic carbocycles. The molecule has 0 N–H and O–H groups in total. The molecule has 0 atom stereocenters. The van der Waals surface area contributed by atoms with E-state index < -0.39 is 9.84 Å². The van der Waals surface area contributed by atoms with Gasteiger partial charge < -0.3 is 0 Å². The predicted octanol–water partition coefficient (Wildman–Crippen LogP) is 2.96. The third-order valence-corrected chi connectivity index (χ3v) is 6.55. The summed E-state index contributed by atoms with van der Waals surface area (Å²) in [6.07, 6.45) is 2.51. The maximum Gasteiger partial charge on any atom is 0.175 e. The van der Waals surface area contributed by atoms with Crippen molar-refractivity contribution in [3.63, 3.8) is 0 Å². The Kier molecular flexibility index (Phi) is 3.87. The van der Waals surface area contributed by atoms with Crippen LogP contribution in [0.2, 0.25) is 0 Å². The molecule has 1 saturated heterocycles. The van der Waals surface area contributed by atoms with Crippen LogP contribution in [-0.2, 0) is 9.84 Å². The van der Waals surface area contributed by atoms with Crippen LogP contribution < -0.4 is 0 Å². The van der Waals surface area contributed by atoms with Crippen LogP contribution in [0.5, 0.6) is 0 Å². The summed E-state index contributed by atoms with van der Waals surface area (Å²) in [6, 6.07) is 7.29. The van der Waals surface area contributed by atoms with Crippen molar-refractivity contribution in [1.29, 1.82) is 0 Å². The molecule has 2 rings (SSSR count). The molecule has 0 unspecified atom stereocenters. The highest BCUT2D eigenvalue weighted by Crippen LogP contribution is 2.43. The highest BCUT2D eigenvalue weighted by atomic mass is 32.2. The first kappa shape index (κ1) is 12.3. The first-order chi connectivity index (χ1) is 7.57. The summed E-state index contributed by atoms with van der Waals surface area (Å²) >= 11 is 3.89. The minimum atomic E-state index is -3.06. The van der Waals surface area contributed by atoms with Gasteiger partial charge in [0.05, 0.1) is 9.48 Å². The lowest BCUT2D eigenvalue weighted by molar-refractivity contribution is 0.602. The topological polar surface area (TPSA) is 34.1 Å². The third kappa shape index (κ3) is 2.96. The molecule has 1 aliphatic rings. The molecular formula is C11H14O2S3. The molecule has 0 amide bonds. The first-order valence-corrected chi connectivity index (χ1v) is 9.09. The number of sulfone groups is 1. The average molecular weight is 274 g/mol. The molecule has 1 aromatic carbocycles. The summed E-state index contributed by atoms with van der Waals surface area (Å²) in [4.78, 5) is 0.405. The lowest BCUT2D eigenvalue weighted by Gasteiger charge is -2.21. The summed E-state index contributed by atoms with van der Waals surface area (Å²) in [5.41, 5.74) is 1.22. The lowest BCUT2D eigenvalue weighted by Crippen LogP contribution is -2.01. The van der Waals surface area contributed by atoms with E-state index in [2.05, 4.69) is 0 Å². The van der Waals surface area contributed by atoms with E-state index in [1.165, 1.54) is 29.7 Å². The fraction of sp³-hybridized carbons (Fsp3) is 0.455. The highest BCUT2D eigenvalue weighted by molar-refractivity contribution is 8.16. The Morgan fingerprint density at radius 2 is 1.69 bits per heavy atom. The molecule has 1 fully saturated rings. The van der Waals surface area contributed by atoms with Crippen LogP contribution in [0.25, 0.3) is 0 Å². The van der Waals surface area contributed by atoms with Crippen molar-refractivity contribution in [3.05, 3.63) is 29.8 Å². The van der Waals surface area contributed by atoms with E-state index in [4.69, 9.17) is 0 Å². The number of hydrogen-bond donors (Lipinski definition) is 0. The van der Waals surface area contributed by atoms with E-state index in [9.17, 15) is 8.42 Å². The lowest BCUT2D eigenvalue weighted by atomic mass is 10.2. The quantitative estimate of drug-likeness (QED) is 0.830. The van der Waals surface area contributed by atoms with Gasteiger partial charge in [0.2, 0.25) is 0 Å². The second-order valence-electron chi connectivity index (χ2n) is 3.77. The largest absolute Gasteiger partial charge is 0.224 e. The average Bonchev–Trinajstić information content (AvgIpc) is 2.29. The molecule has 0 saturated carbocycles. The number of benzene rings is 1. The Morgan fingerprint density at radius 3 is 2.19 bits per heavy atom. The second-order valence-corrected chi connectivity index (χ2v) is 8.51. The minimum Gasteiger partial charge on any atom is -0.224 e. The Hall–Kier alpha value is -0.130. The van der Waals surface area contributed by atoms with Gasteiger partial charge in [-0.1, -0.05) is 12.1 Å². The number of rotatable bonds is 2. The molecule has 1 aromatic rings. The van der Waals surface area contributed by atoms with Gasteiger partial charge in [-0.15, -0.1) is 23.5 Å². The molecule has 88 valence electrons.